The topological polar surface area (TPSA) is 69.6 Å². The highest BCUT2D eigenvalue weighted by Crippen LogP contribution is 2.28. The summed E-state index contributed by atoms with van der Waals surface area (Å²) in [5, 5.41) is 12.2. The zero-order chi connectivity index (χ0) is 14.1. The van der Waals surface area contributed by atoms with E-state index in [-0.39, 0.29) is 24.4 Å². The number of nitrogens with zero attached hydrogens (tertiary/aromatic N) is 1. The molecule has 1 saturated heterocycles. The van der Waals surface area contributed by atoms with Gasteiger partial charge in [0.25, 0.3) is 0 Å². The van der Waals surface area contributed by atoms with Crippen LogP contribution in [0.15, 0.2) is 24.3 Å². The van der Waals surface area contributed by atoms with Crippen molar-refractivity contribution in [3.05, 3.63) is 29.8 Å². The molecule has 5 heteroatoms. The second-order valence-electron chi connectivity index (χ2n) is 5.48. The smallest absolute Gasteiger partial charge is 0.305 e. The number of rotatable bonds is 3. The maximum absolute atomic E-state index is 12.6. The SMILES string of the molecule is O=C(O)CC1CCCN1C(=O)[C@@H]1Cc2ccccc2N1. The summed E-state index contributed by atoms with van der Waals surface area (Å²) in [7, 11) is 0. The Morgan fingerprint density at radius 3 is 2.90 bits per heavy atom. The Morgan fingerprint density at radius 2 is 2.15 bits per heavy atom. The molecule has 0 aromatic heterocycles. The predicted molar refractivity (Wildman–Crippen MR) is 74.5 cm³/mol. The minimum absolute atomic E-state index is 0.0324. The number of aliphatic carboxylic acids is 1. The molecule has 2 heterocycles. The van der Waals surface area contributed by atoms with Crippen molar-refractivity contribution in [2.75, 3.05) is 11.9 Å². The Bertz CT molecular complexity index is 519. The summed E-state index contributed by atoms with van der Waals surface area (Å²) in [6.45, 7) is 0.672. The first-order valence-corrected chi connectivity index (χ1v) is 7.02. The lowest BCUT2D eigenvalue weighted by atomic mass is 10.1. The number of anilines is 1. The second-order valence-corrected chi connectivity index (χ2v) is 5.48. The summed E-state index contributed by atoms with van der Waals surface area (Å²) in [6.07, 6.45) is 2.41. The monoisotopic (exact) mass is 274 g/mol. The minimum Gasteiger partial charge on any atom is -0.481 e. The molecule has 20 heavy (non-hydrogen) atoms. The first-order valence-electron chi connectivity index (χ1n) is 7.02. The lowest BCUT2D eigenvalue weighted by molar-refractivity contribution is -0.140. The van der Waals surface area contributed by atoms with Crippen LogP contribution in [-0.2, 0) is 16.0 Å². The van der Waals surface area contributed by atoms with Gasteiger partial charge >= 0.3 is 5.97 Å². The Balaban J connectivity index is 1.69. The molecule has 0 aliphatic carbocycles. The van der Waals surface area contributed by atoms with Crippen molar-refractivity contribution in [1.82, 2.24) is 4.90 Å². The average Bonchev–Trinajstić information content (AvgIpc) is 3.03. The number of carboxylic acids is 1. The number of likely N-dealkylation sites (tertiary alicyclic amines) is 1. The molecule has 2 aliphatic rings. The number of carbonyl (C=O) groups is 2. The number of benzene rings is 1. The van der Waals surface area contributed by atoms with Crippen LogP contribution in [0.1, 0.15) is 24.8 Å². The van der Waals surface area contributed by atoms with Gasteiger partial charge in [-0.15, -0.1) is 0 Å². The lowest BCUT2D eigenvalue weighted by Crippen LogP contribution is -2.45. The highest BCUT2D eigenvalue weighted by molar-refractivity contribution is 5.88. The number of carboxylic acid groups (broad SMARTS) is 1. The Labute approximate surface area is 117 Å². The molecule has 0 bridgehead atoms. The summed E-state index contributed by atoms with van der Waals surface area (Å²) in [5.74, 6) is -0.803. The fourth-order valence-electron chi connectivity index (χ4n) is 3.19. The molecule has 1 unspecified atom stereocenters. The Morgan fingerprint density at radius 1 is 1.35 bits per heavy atom. The van der Waals surface area contributed by atoms with E-state index in [9.17, 15) is 9.59 Å². The van der Waals surface area contributed by atoms with E-state index in [2.05, 4.69) is 5.32 Å². The third-order valence-corrected chi connectivity index (χ3v) is 4.14. The van der Waals surface area contributed by atoms with E-state index in [1.165, 1.54) is 0 Å². The van der Waals surface area contributed by atoms with Gasteiger partial charge < -0.3 is 15.3 Å². The van der Waals surface area contributed by atoms with E-state index in [1.54, 1.807) is 4.90 Å². The van der Waals surface area contributed by atoms with Crippen molar-refractivity contribution in [1.29, 1.82) is 0 Å². The Kier molecular flexibility index (Phi) is 3.34. The first kappa shape index (κ1) is 13.0. The normalized spacial score (nSPS) is 24.3. The molecule has 2 atom stereocenters. The number of amides is 1. The molecular formula is C15H18N2O3. The van der Waals surface area contributed by atoms with Crippen LogP contribution in [-0.4, -0.2) is 40.5 Å². The summed E-state index contributed by atoms with van der Waals surface area (Å²) >= 11 is 0. The van der Waals surface area contributed by atoms with E-state index in [4.69, 9.17) is 5.11 Å². The van der Waals surface area contributed by atoms with Crippen LogP contribution in [0.5, 0.6) is 0 Å². The van der Waals surface area contributed by atoms with E-state index in [0.29, 0.717) is 13.0 Å². The molecule has 2 N–H and O–H groups in total. The van der Waals surface area contributed by atoms with Crippen LogP contribution in [0, 0.1) is 0 Å². The fraction of sp³-hybridized carbons (Fsp3) is 0.467. The Hall–Kier alpha value is -2.04. The van der Waals surface area contributed by atoms with E-state index in [0.717, 1.165) is 24.1 Å². The van der Waals surface area contributed by atoms with E-state index >= 15 is 0 Å². The van der Waals surface area contributed by atoms with Crippen molar-refractivity contribution in [3.8, 4) is 0 Å². The third kappa shape index (κ3) is 2.35. The standard InChI is InChI=1S/C15H18N2O3/c18-14(19)9-11-5-3-7-17(11)15(20)13-8-10-4-1-2-6-12(10)16-13/h1-2,4,6,11,13,16H,3,5,7-9H2,(H,18,19)/t11?,13-/m0/s1. The number of fused-ring (bicyclic) bond motifs is 1. The van der Waals surface area contributed by atoms with E-state index < -0.39 is 5.97 Å². The number of carbonyl (C=O) groups excluding carboxylic acids is 1. The molecular weight excluding hydrogens is 256 g/mol. The van der Waals surface area contributed by atoms with Gasteiger partial charge in [0.15, 0.2) is 0 Å². The van der Waals surface area contributed by atoms with Crippen LogP contribution in [0.4, 0.5) is 5.69 Å². The van der Waals surface area contributed by atoms with Crippen molar-refractivity contribution in [3.63, 3.8) is 0 Å². The van der Waals surface area contributed by atoms with Crippen molar-refractivity contribution < 1.29 is 14.7 Å². The summed E-state index contributed by atoms with van der Waals surface area (Å²) < 4.78 is 0. The molecule has 1 amide bonds. The number of hydrogen-bond donors (Lipinski definition) is 2. The molecule has 5 nitrogen and oxygen atoms in total. The predicted octanol–water partition coefficient (Wildman–Crippen LogP) is 1.49. The maximum Gasteiger partial charge on any atom is 0.305 e. The minimum atomic E-state index is -0.836. The van der Waals surface area contributed by atoms with Crippen molar-refractivity contribution in [2.45, 2.75) is 37.8 Å². The fourth-order valence-corrected chi connectivity index (χ4v) is 3.19. The van der Waals surface area contributed by atoms with Gasteiger partial charge in [-0.1, -0.05) is 18.2 Å². The number of hydrogen-bond acceptors (Lipinski definition) is 3. The molecule has 2 aliphatic heterocycles. The average molecular weight is 274 g/mol. The molecule has 0 spiro atoms. The molecule has 0 saturated carbocycles. The van der Waals surface area contributed by atoms with Crippen LogP contribution in [0.2, 0.25) is 0 Å². The summed E-state index contributed by atoms with van der Waals surface area (Å²) in [5.41, 5.74) is 2.17. The third-order valence-electron chi connectivity index (χ3n) is 4.14. The number of para-hydroxylation sites is 1. The molecule has 1 aromatic rings. The van der Waals surface area contributed by atoms with Gasteiger partial charge in [0.1, 0.15) is 6.04 Å². The molecule has 106 valence electrons. The van der Waals surface area contributed by atoms with Gasteiger partial charge in [0, 0.05) is 24.7 Å². The summed E-state index contributed by atoms with van der Waals surface area (Å²) in [6, 6.07) is 7.51. The van der Waals surface area contributed by atoms with Gasteiger partial charge in [-0.3, -0.25) is 9.59 Å². The van der Waals surface area contributed by atoms with Crippen molar-refractivity contribution >= 4 is 17.6 Å². The van der Waals surface area contributed by atoms with Gasteiger partial charge in [-0.05, 0) is 24.5 Å². The van der Waals surface area contributed by atoms with Gasteiger partial charge in [-0.2, -0.15) is 0 Å². The van der Waals surface area contributed by atoms with Gasteiger partial charge in [0.05, 0.1) is 6.42 Å². The van der Waals surface area contributed by atoms with Crippen LogP contribution in [0.3, 0.4) is 0 Å². The van der Waals surface area contributed by atoms with Gasteiger partial charge in [-0.25, -0.2) is 0 Å². The molecule has 3 rings (SSSR count). The lowest BCUT2D eigenvalue weighted by Gasteiger charge is -2.26. The zero-order valence-electron chi connectivity index (χ0n) is 11.2. The highest BCUT2D eigenvalue weighted by atomic mass is 16.4. The quantitative estimate of drug-likeness (QED) is 0.876. The highest BCUT2D eigenvalue weighted by Gasteiger charge is 2.36. The van der Waals surface area contributed by atoms with Crippen LogP contribution in [0.25, 0.3) is 0 Å². The van der Waals surface area contributed by atoms with Crippen molar-refractivity contribution in [2.24, 2.45) is 0 Å². The first-order chi connectivity index (χ1) is 9.65. The zero-order valence-corrected chi connectivity index (χ0v) is 11.2. The van der Waals surface area contributed by atoms with Gasteiger partial charge in [0.2, 0.25) is 5.91 Å². The second kappa shape index (κ2) is 5.15. The maximum atomic E-state index is 12.6. The van der Waals surface area contributed by atoms with Crippen LogP contribution < -0.4 is 5.32 Å². The molecule has 1 aromatic carbocycles. The summed E-state index contributed by atoms with van der Waals surface area (Å²) in [4.78, 5) is 25.2. The largest absolute Gasteiger partial charge is 0.481 e. The van der Waals surface area contributed by atoms with Crippen LogP contribution >= 0.6 is 0 Å². The molecule has 1 fully saturated rings. The van der Waals surface area contributed by atoms with E-state index in [1.807, 2.05) is 24.3 Å². The molecule has 0 radical (unpaired) electrons. The number of nitrogens with one attached hydrogen (secondary N) is 1.